The lowest BCUT2D eigenvalue weighted by molar-refractivity contribution is -0.112. The van der Waals surface area contributed by atoms with E-state index in [2.05, 4.69) is 0 Å². The molecule has 0 aliphatic carbocycles. The van der Waals surface area contributed by atoms with Crippen molar-refractivity contribution in [1.29, 1.82) is 0 Å². The molecule has 0 fully saturated rings. The van der Waals surface area contributed by atoms with Gasteiger partial charge in [0.15, 0.2) is 10.2 Å². The van der Waals surface area contributed by atoms with Crippen LogP contribution in [0.2, 0.25) is 0 Å². The molecule has 0 radical (unpaired) electrons. The maximum Gasteiger partial charge on any atom is 0.193 e. The van der Waals surface area contributed by atoms with Gasteiger partial charge in [-0.15, -0.1) is 0 Å². The van der Waals surface area contributed by atoms with Gasteiger partial charge in [-0.25, -0.2) is 0 Å². The van der Waals surface area contributed by atoms with Gasteiger partial charge in [0.1, 0.15) is 0 Å². The first kappa shape index (κ1) is 16.8. The maximum absolute atomic E-state index is 11.8. The Morgan fingerprint density at radius 3 is 1.36 bits per heavy atom. The van der Waals surface area contributed by atoms with Gasteiger partial charge < -0.3 is 0 Å². The number of benzene rings is 2. The third-order valence-corrected chi connectivity index (χ3v) is 4.84. The van der Waals surface area contributed by atoms with Gasteiger partial charge in [0.25, 0.3) is 0 Å². The Labute approximate surface area is 139 Å². The van der Waals surface area contributed by atoms with Crippen LogP contribution in [0.5, 0.6) is 0 Å². The third kappa shape index (κ3) is 6.50. The van der Waals surface area contributed by atoms with Gasteiger partial charge in [0, 0.05) is 22.6 Å². The highest BCUT2D eigenvalue weighted by atomic mass is 32.2. The van der Waals surface area contributed by atoms with E-state index < -0.39 is 0 Å². The van der Waals surface area contributed by atoms with Crippen molar-refractivity contribution in [3.05, 3.63) is 60.7 Å². The zero-order valence-corrected chi connectivity index (χ0v) is 13.9. The topological polar surface area (TPSA) is 34.1 Å². The first-order valence-electron chi connectivity index (χ1n) is 7.25. The summed E-state index contributed by atoms with van der Waals surface area (Å²) >= 11 is 2.55. The minimum Gasteiger partial charge on any atom is -0.287 e. The van der Waals surface area contributed by atoms with Gasteiger partial charge in [-0.05, 0) is 37.1 Å². The van der Waals surface area contributed by atoms with Gasteiger partial charge in [-0.3, -0.25) is 9.59 Å². The smallest absolute Gasteiger partial charge is 0.193 e. The van der Waals surface area contributed by atoms with Gasteiger partial charge in [-0.1, -0.05) is 59.9 Å². The Kier molecular flexibility index (Phi) is 7.26. The fourth-order valence-corrected chi connectivity index (χ4v) is 3.49. The van der Waals surface area contributed by atoms with Crippen LogP contribution in [0.3, 0.4) is 0 Å². The van der Waals surface area contributed by atoms with Crippen molar-refractivity contribution < 1.29 is 9.59 Å². The van der Waals surface area contributed by atoms with Crippen molar-refractivity contribution in [3.8, 4) is 0 Å². The van der Waals surface area contributed by atoms with Gasteiger partial charge >= 0.3 is 0 Å². The van der Waals surface area contributed by atoms with E-state index in [-0.39, 0.29) is 10.2 Å². The van der Waals surface area contributed by atoms with Crippen molar-refractivity contribution in [2.75, 3.05) is 0 Å². The standard InChI is InChI=1S/C18H18O2S2/c19-17(21-15-9-3-1-4-10-15)13-7-8-14-18(20)22-16-11-5-2-6-12-16/h1-6,9-12H,7-8,13-14H2. The lowest BCUT2D eigenvalue weighted by Gasteiger charge is -2.02. The normalized spacial score (nSPS) is 10.4. The summed E-state index contributed by atoms with van der Waals surface area (Å²) in [6.45, 7) is 0. The van der Waals surface area contributed by atoms with Crippen LogP contribution in [0, 0.1) is 0 Å². The van der Waals surface area contributed by atoms with Crippen LogP contribution in [0.15, 0.2) is 70.5 Å². The molecule has 0 aliphatic rings. The quantitative estimate of drug-likeness (QED) is 0.517. The van der Waals surface area contributed by atoms with E-state index in [1.165, 1.54) is 23.5 Å². The predicted molar refractivity (Wildman–Crippen MR) is 93.1 cm³/mol. The highest BCUT2D eigenvalue weighted by Gasteiger charge is 2.07. The molecule has 2 rings (SSSR count). The van der Waals surface area contributed by atoms with Crippen molar-refractivity contribution >= 4 is 33.8 Å². The Morgan fingerprint density at radius 1 is 0.636 bits per heavy atom. The summed E-state index contributed by atoms with van der Waals surface area (Å²) in [7, 11) is 0. The summed E-state index contributed by atoms with van der Waals surface area (Å²) in [4.78, 5) is 25.6. The number of carbonyl (C=O) groups is 2. The number of hydrogen-bond acceptors (Lipinski definition) is 4. The Balaban J connectivity index is 1.60. The fraction of sp³-hybridized carbons (Fsp3) is 0.222. The molecule has 0 amide bonds. The van der Waals surface area contributed by atoms with Gasteiger partial charge in [0.2, 0.25) is 0 Å². The van der Waals surface area contributed by atoms with Crippen LogP contribution < -0.4 is 0 Å². The van der Waals surface area contributed by atoms with E-state index in [0.717, 1.165) is 22.6 Å². The molecule has 0 heterocycles. The molecule has 0 bridgehead atoms. The Bertz CT molecular complexity index is 541. The zero-order chi connectivity index (χ0) is 15.6. The lowest BCUT2D eigenvalue weighted by Crippen LogP contribution is -1.95. The van der Waals surface area contributed by atoms with Crippen LogP contribution >= 0.6 is 23.5 Å². The molecule has 0 saturated carbocycles. The lowest BCUT2D eigenvalue weighted by atomic mass is 10.2. The molecule has 0 aliphatic heterocycles. The van der Waals surface area contributed by atoms with Crippen molar-refractivity contribution in [2.24, 2.45) is 0 Å². The SMILES string of the molecule is O=C(CCCCC(=O)Sc1ccccc1)Sc1ccccc1. The molecular weight excluding hydrogens is 312 g/mol. The summed E-state index contributed by atoms with van der Waals surface area (Å²) in [5, 5.41) is 0.323. The van der Waals surface area contributed by atoms with Crippen LogP contribution in [0.4, 0.5) is 0 Å². The molecule has 2 aromatic rings. The number of unbranched alkanes of at least 4 members (excludes halogenated alkanes) is 1. The molecular formula is C18H18O2S2. The highest BCUT2D eigenvalue weighted by Crippen LogP contribution is 2.23. The minimum absolute atomic E-state index is 0.161. The zero-order valence-electron chi connectivity index (χ0n) is 12.2. The molecule has 114 valence electrons. The Hall–Kier alpha value is -1.52. The van der Waals surface area contributed by atoms with Crippen molar-refractivity contribution in [2.45, 2.75) is 35.5 Å². The van der Waals surface area contributed by atoms with Gasteiger partial charge in [0.05, 0.1) is 0 Å². The number of thioether (sulfide) groups is 2. The van der Waals surface area contributed by atoms with Crippen molar-refractivity contribution in [3.63, 3.8) is 0 Å². The second kappa shape index (κ2) is 9.49. The first-order valence-corrected chi connectivity index (χ1v) is 8.89. The van der Waals surface area contributed by atoms with E-state index in [4.69, 9.17) is 0 Å². The largest absolute Gasteiger partial charge is 0.287 e. The average Bonchev–Trinajstić information content (AvgIpc) is 2.53. The third-order valence-electron chi connectivity index (χ3n) is 2.96. The Morgan fingerprint density at radius 2 is 1.00 bits per heavy atom. The molecule has 22 heavy (non-hydrogen) atoms. The molecule has 0 aromatic heterocycles. The van der Waals surface area contributed by atoms with Crippen LogP contribution in [-0.4, -0.2) is 10.2 Å². The maximum atomic E-state index is 11.8. The highest BCUT2D eigenvalue weighted by molar-refractivity contribution is 8.13. The van der Waals surface area contributed by atoms with E-state index in [1.807, 2.05) is 60.7 Å². The fourth-order valence-electron chi connectivity index (χ4n) is 1.88. The van der Waals surface area contributed by atoms with E-state index >= 15 is 0 Å². The van der Waals surface area contributed by atoms with Gasteiger partial charge in [-0.2, -0.15) is 0 Å². The predicted octanol–water partition coefficient (Wildman–Crippen LogP) is 5.18. The van der Waals surface area contributed by atoms with E-state index in [0.29, 0.717) is 12.8 Å². The number of hydrogen-bond donors (Lipinski definition) is 0. The second-order valence-electron chi connectivity index (χ2n) is 4.78. The average molecular weight is 330 g/mol. The second-order valence-corrected chi connectivity index (χ2v) is 7.04. The molecule has 0 N–H and O–H groups in total. The molecule has 0 spiro atoms. The summed E-state index contributed by atoms with van der Waals surface area (Å²) < 4.78 is 0. The first-order chi connectivity index (χ1) is 10.7. The summed E-state index contributed by atoms with van der Waals surface area (Å²) in [5.41, 5.74) is 0. The summed E-state index contributed by atoms with van der Waals surface area (Å²) in [6.07, 6.45) is 2.56. The van der Waals surface area contributed by atoms with Crippen LogP contribution in [0.1, 0.15) is 25.7 Å². The molecule has 4 heteroatoms. The minimum atomic E-state index is 0.161. The van der Waals surface area contributed by atoms with E-state index in [1.54, 1.807) is 0 Å². The number of carbonyl (C=O) groups excluding carboxylic acids is 2. The monoisotopic (exact) mass is 330 g/mol. The molecule has 2 nitrogen and oxygen atoms in total. The van der Waals surface area contributed by atoms with Crippen molar-refractivity contribution in [1.82, 2.24) is 0 Å². The molecule has 0 saturated heterocycles. The molecule has 0 unspecified atom stereocenters. The summed E-state index contributed by atoms with van der Waals surface area (Å²) in [5.74, 6) is 0. The van der Waals surface area contributed by atoms with Crippen LogP contribution in [-0.2, 0) is 9.59 Å². The molecule has 2 aromatic carbocycles. The number of rotatable bonds is 7. The van der Waals surface area contributed by atoms with Crippen LogP contribution in [0.25, 0.3) is 0 Å². The van der Waals surface area contributed by atoms with E-state index in [9.17, 15) is 9.59 Å². The molecule has 0 atom stereocenters. The summed E-state index contributed by atoms with van der Waals surface area (Å²) in [6, 6.07) is 19.3.